The third kappa shape index (κ3) is 1.65. The summed E-state index contributed by atoms with van der Waals surface area (Å²) in [5.41, 5.74) is 1.43. The summed E-state index contributed by atoms with van der Waals surface area (Å²) in [5.74, 6) is 1.13. The van der Waals surface area contributed by atoms with E-state index in [9.17, 15) is 0 Å². The van der Waals surface area contributed by atoms with E-state index in [2.05, 4.69) is 39.0 Å². The van der Waals surface area contributed by atoms with Crippen LogP contribution >= 0.6 is 24.0 Å². The highest BCUT2D eigenvalue weighted by Crippen LogP contribution is 2.47. The van der Waals surface area contributed by atoms with Crippen molar-refractivity contribution in [3.05, 3.63) is 40.4 Å². The molecule has 1 saturated carbocycles. The maximum absolute atomic E-state index is 5.35. The molecule has 1 aromatic heterocycles. The Morgan fingerprint density at radius 1 is 1.33 bits per heavy atom. The molecular weight excluding hydrogens is 262 g/mol. The summed E-state index contributed by atoms with van der Waals surface area (Å²) in [5, 5.41) is 7.84. The third-order valence-electron chi connectivity index (χ3n) is 3.58. The van der Waals surface area contributed by atoms with Gasteiger partial charge in [0.15, 0.2) is 4.77 Å². The standard InChI is InChI=1S/C13H13N3S2/c17-13-15-14-12(16(13)9-5-6-9)11-7-8-3-1-2-4-10(8)18-11/h1-4,9,11H,5-7H2,(H,15,17). The lowest BCUT2D eigenvalue weighted by Crippen LogP contribution is -2.05. The Morgan fingerprint density at radius 2 is 2.17 bits per heavy atom. The molecule has 5 heteroatoms. The molecule has 2 aromatic rings. The Hall–Kier alpha value is -1.07. The first kappa shape index (κ1) is 10.8. The van der Waals surface area contributed by atoms with Crippen LogP contribution in [0.1, 0.15) is 35.5 Å². The molecule has 1 unspecified atom stereocenters. The van der Waals surface area contributed by atoms with Gasteiger partial charge in [0.2, 0.25) is 0 Å². The summed E-state index contributed by atoms with van der Waals surface area (Å²) < 4.78 is 3.02. The molecule has 0 spiro atoms. The molecule has 2 aliphatic rings. The van der Waals surface area contributed by atoms with E-state index in [0.717, 1.165) is 17.0 Å². The zero-order chi connectivity index (χ0) is 12.1. The van der Waals surface area contributed by atoms with Crippen LogP contribution in [0, 0.1) is 4.77 Å². The minimum Gasteiger partial charge on any atom is -0.300 e. The van der Waals surface area contributed by atoms with Crippen LogP contribution in [0.2, 0.25) is 0 Å². The normalized spacial score (nSPS) is 22.1. The van der Waals surface area contributed by atoms with E-state index >= 15 is 0 Å². The van der Waals surface area contributed by atoms with Gasteiger partial charge >= 0.3 is 0 Å². The first-order valence-electron chi connectivity index (χ1n) is 6.24. The summed E-state index contributed by atoms with van der Waals surface area (Å²) in [7, 11) is 0. The van der Waals surface area contributed by atoms with E-state index in [4.69, 9.17) is 12.2 Å². The van der Waals surface area contributed by atoms with Crippen LogP contribution in [0.15, 0.2) is 29.2 Å². The van der Waals surface area contributed by atoms with Crippen LogP contribution in [-0.4, -0.2) is 14.8 Å². The maximum atomic E-state index is 5.35. The molecule has 1 aromatic carbocycles. The molecule has 1 atom stereocenters. The van der Waals surface area contributed by atoms with Crippen molar-refractivity contribution < 1.29 is 0 Å². The van der Waals surface area contributed by atoms with E-state index in [-0.39, 0.29) is 0 Å². The molecule has 1 aliphatic heterocycles. The number of rotatable bonds is 2. The van der Waals surface area contributed by atoms with Gasteiger partial charge in [-0.1, -0.05) is 18.2 Å². The van der Waals surface area contributed by atoms with Crippen molar-refractivity contribution in [3.63, 3.8) is 0 Å². The minimum atomic E-state index is 0.413. The number of H-pyrrole nitrogens is 1. The second-order valence-corrected chi connectivity index (χ2v) is 6.54. The zero-order valence-corrected chi connectivity index (χ0v) is 11.4. The molecule has 3 nitrogen and oxygen atoms in total. The van der Waals surface area contributed by atoms with Crippen molar-refractivity contribution in [2.75, 3.05) is 0 Å². The lowest BCUT2D eigenvalue weighted by atomic mass is 10.1. The molecule has 0 amide bonds. The minimum absolute atomic E-state index is 0.413. The second kappa shape index (κ2) is 3.96. The van der Waals surface area contributed by atoms with Gasteiger partial charge in [-0.05, 0) is 43.1 Å². The fraction of sp³-hybridized carbons (Fsp3) is 0.385. The lowest BCUT2D eigenvalue weighted by molar-refractivity contribution is 0.664. The summed E-state index contributed by atoms with van der Waals surface area (Å²) in [6.07, 6.45) is 3.55. The topological polar surface area (TPSA) is 33.6 Å². The zero-order valence-electron chi connectivity index (χ0n) is 9.80. The van der Waals surface area contributed by atoms with Gasteiger partial charge in [0, 0.05) is 10.9 Å². The van der Waals surface area contributed by atoms with E-state index in [1.54, 1.807) is 0 Å². The first-order chi connectivity index (χ1) is 8.83. The van der Waals surface area contributed by atoms with E-state index in [1.165, 1.54) is 23.3 Å². The van der Waals surface area contributed by atoms with Gasteiger partial charge < -0.3 is 4.57 Å². The molecule has 0 bridgehead atoms. The molecular formula is C13H13N3S2. The fourth-order valence-electron chi connectivity index (χ4n) is 2.56. The molecule has 2 heterocycles. The van der Waals surface area contributed by atoms with Gasteiger partial charge in [0.05, 0.1) is 5.25 Å². The predicted octanol–water partition coefficient (Wildman–Crippen LogP) is 3.67. The van der Waals surface area contributed by atoms with Crippen molar-refractivity contribution in [1.29, 1.82) is 0 Å². The van der Waals surface area contributed by atoms with Crippen molar-refractivity contribution in [1.82, 2.24) is 14.8 Å². The summed E-state index contributed by atoms with van der Waals surface area (Å²) in [6.45, 7) is 0. The smallest absolute Gasteiger partial charge is 0.195 e. The molecule has 4 rings (SSSR count). The number of aromatic amines is 1. The summed E-state index contributed by atoms with van der Waals surface area (Å²) in [4.78, 5) is 1.39. The quantitative estimate of drug-likeness (QED) is 0.849. The highest BCUT2D eigenvalue weighted by molar-refractivity contribution is 7.99. The summed E-state index contributed by atoms with van der Waals surface area (Å²) >= 11 is 7.26. The summed E-state index contributed by atoms with van der Waals surface area (Å²) in [6, 6.07) is 9.22. The van der Waals surface area contributed by atoms with E-state index in [1.807, 2.05) is 11.8 Å². The van der Waals surface area contributed by atoms with Crippen LogP contribution < -0.4 is 0 Å². The highest BCUT2D eigenvalue weighted by atomic mass is 32.2. The van der Waals surface area contributed by atoms with Gasteiger partial charge in [0.25, 0.3) is 0 Å². The van der Waals surface area contributed by atoms with Gasteiger partial charge in [-0.25, -0.2) is 0 Å². The molecule has 0 saturated heterocycles. The first-order valence-corrected chi connectivity index (χ1v) is 7.53. The number of nitrogens with one attached hydrogen (secondary N) is 1. The van der Waals surface area contributed by atoms with E-state index < -0.39 is 0 Å². The van der Waals surface area contributed by atoms with Crippen molar-refractivity contribution in [3.8, 4) is 0 Å². The van der Waals surface area contributed by atoms with Crippen LogP contribution in [0.4, 0.5) is 0 Å². The molecule has 1 fully saturated rings. The van der Waals surface area contributed by atoms with Crippen LogP contribution in [0.25, 0.3) is 0 Å². The van der Waals surface area contributed by atoms with Gasteiger partial charge in [-0.3, -0.25) is 5.10 Å². The third-order valence-corrected chi connectivity index (χ3v) is 5.18. The van der Waals surface area contributed by atoms with Crippen LogP contribution in [0.5, 0.6) is 0 Å². The number of aromatic nitrogens is 3. The van der Waals surface area contributed by atoms with Gasteiger partial charge in [-0.15, -0.1) is 11.8 Å². The molecule has 92 valence electrons. The van der Waals surface area contributed by atoms with Crippen LogP contribution in [-0.2, 0) is 6.42 Å². The predicted molar refractivity (Wildman–Crippen MR) is 74.4 cm³/mol. The van der Waals surface area contributed by atoms with Crippen molar-refractivity contribution in [2.45, 2.75) is 35.4 Å². The molecule has 1 N–H and O–H groups in total. The number of thioether (sulfide) groups is 1. The fourth-order valence-corrected chi connectivity index (χ4v) is 4.14. The SMILES string of the molecule is S=c1[nH]nc(C2Cc3ccccc3S2)n1C1CC1. The largest absolute Gasteiger partial charge is 0.300 e. The average Bonchev–Trinajstić information content (AvgIpc) is 3.00. The number of fused-ring (bicyclic) bond motifs is 1. The number of benzene rings is 1. The Labute approximate surface area is 115 Å². The Balaban J connectivity index is 1.72. The molecule has 0 radical (unpaired) electrons. The number of nitrogens with zero attached hydrogens (tertiary/aromatic N) is 2. The Morgan fingerprint density at radius 3 is 2.94 bits per heavy atom. The van der Waals surface area contributed by atoms with Crippen LogP contribution in [0.3, 0.4) is 0 Å². The van der Waals surface area contributed by atoms with E-state index in [0.29, 0.717) is 11.3 Å². The molecule has 18 heavy (non-hydrogen) atoms. The second-order valence-electron chi connectivity index (χ2n) is 4.91. The lowest BCUT2D eigenvalue weighted by Gasteiger charge is -2.09. The monoisotopic (exact) mass is 275 g/mol. The van der Waals surface area contributed by atoms with Crippen molar-refractivity contribution >= 4 is 24.0 Å². The number of hydrogen-bond donors (Lipinski definition) is 1. The van der Waals surface area contributed by atoms with Crippen molar-refractivity contribution in [2.24, 2.45) is 0 Å². The maximum Gasteiger partial charge on any atom is 0.195 e. The van der Waals surface area contributed by atoms with Gasteiger partial charge in [-0.2, -0.15) is 5.10 Å². The molecule has 1 aliphatic carbocycles. The Bertz CT molecular complexity index is 629. The number of hydrogen-bond acceptors (Lipinski definition) is 3. The Kier molecular flexibility index (Phi) is 2.38. The van der Waals surface area contributed by atoms with Gasteiger partial charge in [0.1, 0.15) is 5.82 Å². The average molecular weight is 275 g/mol. The highest BCUT2D eigenvalue weighted by Gasteiger charge is 2.33.